The van der Waals surface area contributed by atoms with Crippen LogP contribution >= 0.6 is 0 Å². The molecule has 0 bridgehead atoms. The van der Waals surface area contributed by atoms with Gasteiger partial charge in [0.05, 0.1) is 11.0 Å². The van der Waals surface area contributed by atoms with Gasteiger partial charge in [0.2, 0.25) is 0 Å². The molecule has 0 saturated heterocycles. The molecule has 0 fully saturated rings. The van der Waals surface area contributed by atoms with Crippen molar-refractivity contribution in [3.8, 4) is 22.9 Å². The second-order valence-corrected chi connectivity index (χ2v) is 4.68. The van der Waals surface area contributed by atoms with E-state index in [2.05, 4.69) is 4.98 Å². The minimum absolute atomic E-state index is 0.0266. The quantitative estimate of drug-likeness (QED) is 0.702. The maximum atomic E-state index is 9.58. The third kappa shape index (κ3) is 1.81. The summed E-state index contributed by atoms with van der Waals surface area (Å²) in [7, 11) is 1.93. The Kier molecular flexibility index (Phi) is 2.45. The molecule has 0 aliphatic heterocycles. The molecule has 2 aromatic carbocycles. The Hall–Kier alpha value is -2.49. The van der Waals surface area contributed by atoms with Gasteiger partial charge in [-0.2, -0.15) is 0 Å². The smallest absolute Gasteiger partial charge is 0.141 e. The summed E-state index contributed by atoms with van der Waals surface area (Å²) in [5, 5.41) is 19.2. The van der Waals surface area contributed by atoms with E-state index in [9.17, 15) is 10.2 Å². The van der Waals surface area contributed by atoms with E-state index in [4.69, 9.17) is 0 Å². The van der Waals surface area contributed by atoms with Gasteiger partial charge in [-0.1, -0.05) is 12.1 Å². The van der Waals surface area contributed by atoms with Crippen LogP contribution in [0.15, 0.2) is 36.4 Å². The highest BCUT2D eigenvalue weighted by Crippen LogP contribution is 2.30. The molecule has 3 rings (SSSR count). The lowest BCUT2D eigenvalue weighted by atomic mass is 10.2. The van der Waals surface area contributed by atoms with Crippen LogP contribution in [0.25, 0.3) is 22.4 Å². The summed E-state index contributed by atoms with van der Waals surface area (Å²) in [5.74, 6) is 0.771. The maximum absolute atomic E-state index is 9.58. The molecule has 0 amide bonds. The lowest BCUT2D eigenvalue weighted by Crippen LogP contribution is -1.93. The molecule has 4 nitrogen and oxygen atoms in total. The van der Waals surface area contributed by atoms with E-state index in [1.165, 1.54) is 6.07 Å². The van der Waals surface area contributed by atoms with Gasteiger partial charge in [0, 0.05) is 18.7 Å². The number of aromatic nitrogens is 2. The van der Waals surface area contributed by atoms with Gasteiger partial charge >= 0.3 is 0 Å². The van der Waals surface area contributed by atoms with Crippen LogP contribution < -0.4 is 0 Å². The number of aromatic hydroxyl groups is 2. The molecular formula is C15H14N2O2. The van der Waals surface area contributed by atoms with E-state index in [-0.39, 0.29) is 11.5 Å². The first-order chi connectivity index (χ1) is 9.06. The predicted molar refractivity (Wildman–Crippen MR) is 74.2 cm³/mol. The molecule has 19 heavy (non-hydrogen) atoms. The summed E-state index contributed by atoms with van der Waals surface area (Å²) in [6.07, 6.45) is 0. The van der Waals surface area contributed by atoms with Crippen LogP contribution in [-0.4, -0.2) is 19.8 Å². The Morgan fingerprint density at radius 3 is 2.37 bits per heavy atom. The third-order valence-electron chi connectivity index (χ3n) is 3.26. The van der Waals surface area contributed by atoms with Crippen LogP contribution in [0.1, 0.15) is 5.56 Å². The molecule has 0 spiro atoms. The molecule has 0 unspecified atom stereocenters. The Morgan fingerprint density at radius 1 is 1.05 bits per heavy atom. The van der Waals surface area contributed by atoms with Gasteiger partial charge in [-0.15, -0.1) is 0 Å². The highest BCUT2D eigenvalue weighted by Gasteiger charge is 2.12. The van der Waals surface area contributed by atoms with Crippen molar-refractivity contribution >= 4 is 11.0 Å². The second-order valence-electron chi connectivity index (χ2n) is 4.68. The molecule has 0 radical (unpaired) electrons. The Morgan fingerprint density at radius 2 is 1.74 bits per heavy atom. The van der Waals surface area contributed by atoms with E-state index < -0.39 is 0 Å². The van der Waals surface area contributed by atoms with Gasteiger partial charge in [0.25, 0.3) is 0 Å². The Labute approximate surface area is 110 Å². The molecule has 1 aromatic heterocycles. The minimum Gasteiger partial charge on any atom is -0.508 e. The summed E-state index contributed by atoms with van der Waals surface area (Å²) in [4.78, 5) is 4.57. The summed E-state index contributed by atoms with van der Waals surface area (Å²) >= 11 is 0. The van der Waals surface area contributed by atoms with Gasteiger partial charge in [-0.05, 0) is 30.7 Å². The number of fused-ring (bicyclic) bond motifs is 1. The molecule has 1 heterocycles. The van der Waals surface area contributed by atoms with Crippen molar-refractivity contribution in [1.29, 1.82) is 0 Å². The zero-order valence-electron chi connectivity index (χ0n) is 10.8. The fourth-order valence-electron chi connectivity index (χ4n) is 2.45. The number of phenolic OH excluding ortho intramolecular Hbond substituents is 2. The molecule has 4 heteroatoms. The number of para-hydroxylation sites is 1. The van der Waals surface area contributed by atoms with Crippen molar-refractivity contribution in [3.05, 3.63) is 42.0 Å². The first-order valence-electron chi connectivity index (χ1n) is 6.01. The van der Waals surface area contributed by atoms with E-state index >= 15 is 0 Å². The molecule has 3 aromatic rings. The van der Waals surface area contributed by atoms with Crippen molar-refractivity contribution in [2.45, 2.75) is 6.92 Å². The highest BCUT2D eigenvalue weighted by atomic mass is 16.3. The van der Waals surface area contributed by atoms with Crippen LogP contribution in [0.2, 0.25) is 0 Å². The molecule has 2 N–H and O–H groups in total. The van der Waals surface area contributed by atoms with Crippen molar-refractivity contribution < 1.29 is 10.2 Å². The lowest BCUT2D eigenvalue weighted by Gasteiger charge is -2.05. The molecular weight excluding hydrogens is 240 g/mol. The van der Waals surface area contributed by atoms with Crippen molar-refractivity contribution in [3.63, 3.8) is 0 Å². The number of nitrogens with zero attached hydrogens (tertiary/aromatic N) is 2. The van der Waals surface area contributed by atoms with Gasteiger partial charge < -0.3 is 14.8 Å². The largest absolute Gasteiger partial charge is 0.508 e. The molecule has 96 valence electrons. The second kappa shape index (κ2) is 4.02. The Bertz CT molecular complexity index is 755. The topological polar surface area (TPSA) is 58.3 Å². The molecule has 0 atom stereocenters. The van der Waals surface area contributed by atoms with Gasteiger partial charge in [-0.3, -0.25) is 0 Å². The van der Waals surface area contributed by atoms with Crippen LogP contribution in [0.4, 0.5) is 0 Å². The number of hydrogen-bond acceptors (Lipinski definition) is 3. The highest BCUT2D eigenvalue weighted by molar-refractivity contribution is 5.83. The predicted octanol–water partition coefficient (Wildman–Crippen LogP) is 2.96. The first-order valence-corrected chi connectivity index (χ1v) is 6.01. The third-order valence-corrected chi connectivity index (χ3v) is 3.26. The van der Waals surface area contributed by atoms with Crippen LogP contribution in [0, 0.1) is 6.92 Å². The van der Waals surface area contributed by atoms with E-state index in [1.54, 1.807) is 12.1 Å². The van der Waals surface area contributed by atoms with Crippen LogP contribution in [0.5, 0.6) is 11.5 Å². The summed E-state index contributed by atoms with van der Waals surface area (Å²) in [5.41, 5.74) is 3.79. The maximum Gasteiger partial charge on any atom is 0.141 e. The summed E-state index contributed by atoms with van der Waals surface area (Å²) in [6, 6.07) is 10.4. The Balaban J connectivity index is 2.31. The van der Waals surface area contributed by atoms with Crippen molar-refractivity contribution in [2.24, 2.45) is 7.05 Å². The minimum atomic E-state index is 0.0266. The SMILES string of the molecule is Cc1cccc2nc(-c3cc(O)cc(O)c3)n(C)c12. The number of phenols is 2. The zero-order chi connectivity index (χ0) is 13.6. The fourth-order valence-corrected chi connectivity index (χ4v) is 2.45. The van der Waals surface area contributed by atoms with Gasteiger partial charge in [-0.25, -0.2) is 4.98 Å². The van der Waals surface area contributed by atoms with Gasteiger partial charge in [0.15, 0.2) is 0 Å². The lowest BCUT2D eigenvalue weighted by molar-refractivity contribution is 0.451. The average Bonchev–Trinajstić information content (AvgIpc) is 2.67. The number of imidazole rings is 1. The summed E-state index contributed by atoms with van der Waals surface area (Å²) in [6.45, 7) is 2.04. The fraction of sp³-hybridized carbons (Fsp3) is 0.133. The van der Waals surface area contributed by atoms with E-state index in [0.29, 0.717) is 5.56 Å². The first kappa shape index (κ1) is 11.6. The van der Waals surface area contributed by atoms with Gasteiger partial charge in [0.1, 0.15) is 17.3 Å². The number of hydrogen-bond donors (Lipinski definition) is 2. The van der Waals surface area contributed by atoms with E-state index in [0.717, 1.165) is 22.4 Å². The zero-order valence-corrected chi connectivity index (χ0v) is 10.8. The summed E-state index contributed by atoms with van der Waals surface area (Å²) < 4.78 is 1.97. The molecule has 0 saturated carbocycles. The number of benzene rings is 2. The normalized spacial score (nSPS) is 11.1. The van der Waals surface area contributed by atoms with Crippen LogP contribution in [-0.2, 0) is 7.05 Å². The number of aryl methyl sites for hydroxylation is 2. The van der Waals surface area contributed by atoms with E-state index in [1.807, 2.05) is 36.7 Å². The molecule has 0 aliphatic rings. The molecule has 0 aliphatic carbocycles. The van der Waals surface area contributed by atoms with Crippen molar-refractivity contribution in [1.82, 2.24) is 9.55 Å². The average molecular weight is 254 g/mol. The van der Waals surface area contributed by atoms with Crippen LogP contribution in [0.3, 0.4) is 0 Å². The number of rotatable bonds is 1. The van der Waals surface area contributed by atoms with Crippen molar-refractivity contribution in [2.75, 3.05) is 0 Å². The standard InChI is InChI=1S/C15H14N2O2/c1-9-4-3-5-13-14(9)17(2)15(16-13)10-6-11(18)8-12(19)7-10/h3-8,18-19H,1-2H3. The monoisotopic (exact) mass is 254 g/mol.